The smallest absolute Gasteiger partial charge is 0.252 e. The number of carbonyl (C=O) groups is 1. The van der Waals surface area contributed by atoms with Gasteiger partial charge in [-0.1, -0.05) is 29.3 Å². The van der Waals surface area contributed by atoms with Gasteiger partial charge in [0, 0.05) is 18.0 Å². The van der Waals surface area contributed by atoms with E-state index in [9.17, 15) is 4.79 Å². The van der Waals surface area contributed by atoms with Gasteiger partial charge in [0.1, 0.15) is 0 Å². The molecule has 1 aromatic heterocycles. The highest BCUT2D eigenvalue weighted by atomic mass is 35.5. The molecule has 0 saturated heterocycles. The second-order valence-corrected chi connectivity index (χ2v) is 5.76. The molecule has 104 valence electrons. The summed E-state index contributed by atoms with van der Waals surface area (Å²) in [7, 11) is 0. The molecule has 20 heavy (non-hydrogen) atoms. The minimum atomic E-state index is -0.530. The van der Waals surface area contributed by atoms with Crippen molar-refractivity contribution in [3.05, 3.63) is 63.9 Å². The Morgan fingerprint density at radius 1 is 1.20 bits per heavy atom. The van der Waals surface area contributed by atoms with Crippen LogP contribution in [0, 0.1) is 0 Å². The van der Waals surface area contributed by atoms with E-state index in [0.29, 0.717) is 15.6 Å². The lowest BCUT2D eigenvalue weighted by Crippen LogP contribution is -2.41. The predicted molar refractivity (Wildman–Crippen MR) is 81.2 cm³/mol. The summed E-state index contributed by atoms with van der Waals surface area (Å²) in [6.07, 6.45) is 3.43. The summed E-state index contributed by atoms with van der Waals surface area (Å²) in [5, 5.41) is 3.74. The van der Waals surface area contributed by atoms with Gasteiger partial charge < -0.3 is 5.32 Å². The molecular formula is C15H14Cl2N2O. The first-order chi connectivity index (χ1) is 9.40. The maximum atomic E-state index is 12.3. The Labute approximate surface area is 127 Å². The number of nitrogens with one attached hydrogen (secondary N) is 1. The number of hydrogen-bond acceptors (Lipinski definition) is 2. The lowest BCUT2D eigenvalue weighted by molar-refractivity contribution is 0.0912. The molecule has 2 aromatic rings. The number of halogens is 2. The van der Waals surface area contributed by atoms with E-state index >= 15 is 0 Å². The van der Waals surface area contributed by atoms with Crippen molar-refractivity contribution in [2.45, 2.75) is 19.4 Å². The third-order valence-electron chi connectivity index (χ3n) is 2.99. The van der Waals surface area contributed by atoms with E-state index < -0.39 is 5.54 Å². The fourth-order valence-corrected chi connectivity index (χ4v) is 2.10. The van der Waals surface area contributed by atoms with Crippen LogP contribution in [0.5, 0.6) is 0 Å². The van der Waals surface area contributed by atoms with Gasteiger partial charge in [-0.05, 0) is 43.7 Å². The summed E-state index contributed by atoms with van der Waals surface area (Å²) >= 11 is 11.8. The number of carbonyl (C=O) groups excluding carboxylic acids is 1. The van der Waals surface area contributed by atoms with Crippen LogP contribution in [0.3, 0.4) is 0 Å². The highest BCUT2D eigenvalue weighted by Gasteiger charge is 2.23. The average molecular weight is 309 g/mol. The van der Waals surface area contributed by atoms with Crippen molar-refractivity contribution in [2.24, 2.45) is 0 Å². The molecule has 0 unspecified atom stereocenters. The fraction of sp³-hybridized carbons (Fsp3) is 0.200. The molecular weight excluding hydrogens is 295 g/mol. The summed E-state index contributed by atoms with van der Waals surface area (Å²) in [6, 6.07) is 8.56. The number of nitrogens with zero attached hydrogens (tertiary/aromatic N) is 1. The van der Waals surface area contributed by atoms with Crippen LogP contribution in [-0.4, -0.2) is 10.9 Å². The minimum Gasteiger partial charge on any atom is -0.343 e. The maximum absolute atomic E-state index is 12.3. The average Bonchev–Trinajstić information content (AvgIpc) is 2.42. The molecule has 5 heteroatoms. The van der Waals surface area contributed by atoms with Gasteiger partial charge in [-0.3, -0.25) is 9.78 Å². The predicted octanol–water partition coefficient (Wildman–Crippen LogP) is 4.05. The Hall–Kier alpha value is -1.58. The van der Waals surface area contributed by atoms with Crippen LogP contribution in [0.2, 0.25) is 10.0 Å². The van der Waals surface area contributed by atoms with Crippen LogP contribution in [0.25, 0.3) is 0 Å². The van der Waals surface area contributed by atoms with E-state index in [4.69, 9.17) is 23.2 Å². The van der Waals surface area contributed by atoms with Crippen molar-refractivity contribution in [3.63, 3.8) is 0 Å². The van der Waals surface area contributed by atoms with Crippen molar-refractivity contribution in [3.8, 4) is 0 Å². The van der Waals surface area contributed by atoms with Crippen LogP contribution in [0.1, 0.15) is 29.8 Å². The number of amides is 1. The SMILES string of the molecule is CC(C)(NC(=O)c1ccc(Cl)c(Cl)c1)c1cccnc1. The van der Waals surface area contributed by atoms with Crippen molar-refractivity contribution in [2.75, 3.05) is 0 Å². The first kappa shape index (κ1) is 14.8. The number of benzene rings is 1. The van der Waals surface area contributed by atoms with Gasteiger partial charge in [-0.15, -0.1) is 0 Å². The van der Waals surface area contributed by atoms with E-state index in [2.05, 4.69) is 10.3 Å². The molecule has 0 atom stereocenters. The highest BCUT2D eigenvalue weighted by molar-refractivity contribution is 6.42. The third kappa shape index (κ3) is 3.30. The topological polar surface area (TPSA) is 42.0 Å². The van der Waals surface area contributed by atoms with Crippen molar-refractivity contribution in [1.82, 2.24) is 10.3 Å². The molecule has 0 bridgehead atoms. The Kier molecular flexibility index (Phi) is 4.31. The Morgan fingerprint density at radius 2 is 1.95 bits per heavy atom. The van der Waals surface area contributed by atoms with Gasteiger partial charge in [0.25, 0.3) is 5.91 Å². The molecule has 1 aromatic carbocycles. The van der Waals surface area contributed by atoms with Crippen LogP contribution in [0.4, 0.5) is 0 Å². The molecule has 1 heterocycles. The molecule has 0 fully saturated rings. The molecule has 0 aliphatic carbocycles. The van der Waals surface area contributed by atoms with Gasteiger partial charge in [0.2, 0.25) is 0 Å². The first-order valence-electron chi connectivity index (χ1n) is 6.08. The van der Waals surface area contributed by atoms with Gasteiger partial charge in [-0.25, -0.2) is 0 Å². The van der Waals surface area contributed by atoms with E-state index in [1.807, 2.05) is 26.0 Å². The van der Waals surface area contributed by atoms with E-state index in [-0.39, 0.29) is 5.91 Å². The molecule has 1 amide bonds. The van der Waals surface area contributed by atoms with Crippen LogP contribution in [0.15, 0.2) is 42.7 Å². The lowest BCUT2D eigenvalue weighted by atomic mass is 9.95. The Morgan fingerprint density at radius 3 is 2.55 bits per heavy atom. The number of aromatic nitrogens is 1. The summed E-state index contributed by atoms with van der Waals surface area (Å²) in [6.45, 7) is 3.83. The Bertz CT molecular complexity index is 627. The van der Waals surface area contributed by atoms with Gasteiger partial charge in [0.05, 0.1) is 15.6 Å². The fourth-order valence-electron chi connectivity index (χ4n) is 1.80. The van der Waals surface area contributed by atoms with Crippen molar-refractivity contribution in [1.29, 1.82) is 0 Å². The van der Waals surface area contributed by atoms with E-state index in [0.717, 1.165) is 5.56 Å². The zero-order chi connectivity index (χ0) is 14.8. The van der Waals surface area contributed by atoms with Gasteiger partial charge >= 0.3 is 0 Å². The van der Waals surface area contributed by atoms with Crippen molar-refractivity contribution >= 4 is 29.1 Å². The van der Waals surface area contributed by atoms with Crippen LogP contribution >= 0.6 is 23.2 Å². The lowest BCUT2D eigenvalue weighted by Gasteiger charge is -2.26. The second-order valence-electron chi connectivity index (χ2n) is 4.95. The largest absolute Gasteiger partial charge is 0.343 e. The summed E-state index contributed by atoms with van der Waals surface area (Å²) in [5.41, 5.74) is 0.863. The van der Waals surface area contributed by atoms with Crippen LogP contribution < -0.4 is 5.32 Å². The number of rotatable bonds is 3. The Balaban J connectivity index is 2.20. The minimum absolute atomic E-state index is 0.211. The first-order valence-corrected chi connectivity index (χ1v) is 6.84. The summed E-state index contributed by atoms with van der Waals surface area (Å²) in [5.74, 6) is -0.211. The zero-order valence-electron chi connectivity index (χ0n) is 11.2. The second kappa shape index (κ2) is 5.81. The molecule has 0 spiro atoms. The third-order valence-corrected chi connectivity index (χ3v) is 3.73. The van der Waals surface area contributed by atoms with E-state index in [1.165, 1.54) is 0 Å². The van der Waals surface area contributed by atoms with Gasteiger partial charge in [-0.2, -0.15) is 0 Å². The summed E-state index contributed by atoms with van der Waals surface area (Å²) in [4.78, 5) is 16.3. The number of pyridine rings is 1. The standard InChI is InChI=1S/C15H14Cl2N2O/c1-15(2,11-4-3-7-18-9-11)19-14(20)10-5-6-12(16)13(17)8-10/h3-9H,1-2H3,(H,19,20). The zero-order valence-corrected chi connectivity index (χ0v) is 12.7. The summed E-state index contributed by atoms with van der Waals surface area (Å²) < 4.78 is 0. The van der Waals surface area contributed by atoms with Crippen molar-refractivity contribution < 1.29 is 4.79 Å². The molecule has 3 nitrogen and oxygen atoms in total. The van der Waals surface area contributed by atoms with Crippen LogP contribution in [-0.2, 0) is 5.54 Å². The molecule has 0 aliphatic heterocycles. The highest BCUT2D eigenvalue weighted by Crippen LogP contribution is 2.24. The maximum Gasteiger partial charge on any atom is 0.252 e. The number of hydrogen-bond donors (Lipinski definition) is 1. The molecule has 0 radical (unpaired) electrons. The van der Waals surface area contributed by atoms with E-state index in [1.54, 1.807) is 30.6 Å². The molecule has 2 rings (SSSR count). The van der Waals surface area contributed by atoms with Gasteiger partial charge in [0.15, 0.2) is 0 Å². The molecule has 1 N–H and O–H groups in total. The normalized spacial score (nSPS) is 11.2. The molecule has 0 aliphatic rings. The quantitative estimate of drug-likeness (QED) is 0.929. The molecule has 0 saturated carbocycles. The monoisotopic (exact) mass is 308 g/mol.